The summed E-state index contributed by atoms with van der Waals surface area (Å²) in [5, 5.41) is 7.69. The van der Waals surface area contributed by atoms with Crippen molar-refractivity contribution in [2.75, 3.05) is 19.6 Å². The number of rotatable bonds is 2. The number of hydrogen-bond donors (Lipinski definition) is 1. The number of carbonyl (C=O) groups is 1. The Morgan fingerprint density at radius 3 is 2.90 bits per heavy atom. The van der Waals surface area contributed by atoms with Gasteiger partial charge in [-0.1, -0.05) is 0 Å². The molecule has 0 spiro atoms. The maximum absolute atomic E-state index is 12.4. The van der Waals surface area contributed by atoms with Crippen molar-refractivity contribution < 1.29 is 4.79 Å². The first-order valence-corrected chi connectivity index (χ1v) is 7.27. The summed E-state index contributed by atoms with van der Waals surface area (Å²) >= 11 is 0. The lowest BCUT2D eigenvalue weighted by atomic mass is 10.0. The Morgan fingerprint density at radius 1 is 1.40 bits per heavy atom. The minimum Gasteiger partial charge on any atom is -0.339 e. The number of aryl methyl sites for hydroxylation is 1. The van der Waals surface area contributed by atoms with Crippen molar-refractivity contribution >= 4 is 18.3 Å². The molecule has 2 fully saturated rings. The number of aromatic nitrogens is 2. The average Bonchev–Trinajstić information content (AvgIpc) is 3.09. The highest BCUT2D eigenvalue weighted by atomic mass is 35.5. The smallest absolute Gasteiger partial charge is 0.239 e. The Hall–Kier alpha value is -1.07. The third kappa shape index (κ3) is 3.15. The predicted molar refractivity (Wildman–Crippen MR) is 80.1 cm³/mol. The first kappa shape index (κ1) is 15.3. The summed E-state index contributed by atoms with van der Waals surface area (Å²) < 4.78 is 2.02. The molecule has 0 aromatic carbocycles. The summed E-state index contributed by atoms with van der Waals surface area (Å²) in [5.41, 5.74) is 1.18. The molecule has 0 saturated carbocycles. The van der Waals surface area contributed by atoms with E-state index in [1.54, 1.807) is 0 Å². The number of amides is 1. The van der Waals surface area contributed by atoms with Crippen LogP contribution in [0.1, 0.15) is 37.3 Å². The van der Waals surface area contributed by atoms with E-state index in [4.69, 9.17) is 0 Å². The van der Waals surface area contributed by atoms with Gasteiger partial charge in [0.25, 0.3) is 0 Å². The molecule has 5 nitrogen and oxygen atoms in total. The van der Waals surface area contributed by atoms with Gasteiger partial charge in [0.2, 0.25) is 5.91 Å². The van der Waals surface area contributed by atoms with Crippen LogP contribution < -0.4 is 5.32 Å². The van der Waals surface area contributed by atoms with Crippen LogP contribution in [-0.4, -0.2) is 46.3 Å². The van der Waals surface area contributed by atoms with Gasteiger partial charge in [-0.2, -0.15) is 5.10 Å². The van der Waals surface area contributed by atoms with Gasteiger partial charge in [0.1, 0.15) is 0 Å². The monoisotopic (exact) mass is 298 g/mol. The zero-order valence-electron chi connectivity index (χ0n) is 11.9. The van der Waals surface area contributed by atoms with Crippen molar-refractivity contribution in [1.82, 2.24) is 20.0 Å². The summed E-state index contributed by atoms with van der Waals surface area (Å²) in [7, 11) is 0. The number of halogens is 1. The molecule has 1 amide bonds. The highest BCUT2D eigenvalue weighted by molar-refractivity contribution is 5.85. The lowest BCUT2D eigenvalue weighted by Gasteiger charge is -2.34. The Bertz CT molecular complexity index is 456. The minimum atomic E-state index is 0. The van der Waals surface area contributed by atoms with Crippen molar-refractivity contribution in [2.45, 2.75) is 44.7 Å². The molecule has 3 heterocycles. The van der Waals surface area contributed by atoms with Gasteiger partial charge >= 0.3 is 0 Å². The molecule has 0 aliphatic carbocycles. The maximum Gasteiger partial charge on any atom is 0.239 e. The molecule has 2 saturated heterocycles. The summed E-state index contributed by atoms with van der Waals surface area (Å²) in [6.45, 7) is 4.73. The Morgan fingerprint density at radius 2 is 2.25 bits per heavy atom. The predicted octanol–water partition coefficient (Wildman–Crippen LogP) is 1.53. The maximum atomic E-state index is 12.4. The third-order valence-corrected chi connectivity index (χ3v) is 4.17. The molecule has 6 heteroatoms. The van der Waals surface area contributed by atoms with E-state index in [0.29, 0.717) is 6.04 Å². The van der Waals surface area contributed by atoms with Gasteiger partial charge in [0.15, 0.2) is 0 Å². The Labute approximate surface area is 126 Å². The molecule has 112 valence electrons. The van der Waals surface area contributed by atoms with E-state index in [0.717, 1.165) is 45.3 Å². The van der Waals surface area contributed by atoms with Gasteiger partial charge in [0, 0.05) is 19.3 Å². The molecule has 1 unspecified atom stereocenters. The summed E-state index contributed by atoms with van der Waals surface area (Å²) in [6.07, 6.45) is 8.25. The second kappa shape index (κ2) is 6.59. The zero-order chi connectivity index (χ0) is 13.2. The van der Waals surface area contributed by atoms with E-state index < -0.39 is 0 Å². The topological polar surface area (TPSA) is 50.2 Å². The van der Waals surface area contributed by atoms with Crippen LogP contribution in [0, 0.1) is 6.92 Å². The van der Waals surface area contributed by atoms with Crippen LogP contribution in [0.5, 0.6) is 0 Å². The molecule has 1 aromatic rings. The highest BCUT2D eigenvalue weighted by Crippen LogP contribution is 2.22. The van der Waals surface area contributed by atoms with E-state index in [-0.39, 0.29) is 24.4 Å². The van der Waals surface area contributed by atoms with Crippen LogP contribution in [-0.2, 0) is 4.79 Å². The summed E-state index contributed by atoms with van der Waals surface area (Å²) in [5.74, 6) is 0.283. The molecule has 0 radical (unpaired) electrons. The van der Waals surface area contributed by atoms with Gasteiger partial charge in [-0.25, -0.2) is 0 Å². The minimum absolute atomic E-state index is 0. The van der Waals surface area contributed by atoms with Crippen LogP contribution in [0.3, 0.4) is 0 Å². The van der Waals surface area contributed by atoms with Crippen LogP contribution in [0.15, 0.2) is 12.4 Å². The van der Waals surface area contributed by atoms with Crippen molar-refractivity contribution in [3.63, 3.8) is 0 Å². The molecule has 0 bridgehead atoms. The van der Waals surface area contributed by atoms with Crippen molar-refractivity contribution in [3.8, 4) is 0 Å². The molecule has 2 atom stereocenters. The first-order chi connectivity index (χ1) is 9.24. The van der Waals surface area contributed by atoms with E-state index in [1.165, 1.54) is 5.56 Å². The van der Waals surface area contributed by atoms with Gasteiger partial charge in [-0.15, -0.1) is 12.4 Å². The van der Waals surface area contributed by atoms with E-state index >= 15 is 0 Å². The van der Waals surface area contributed by atoms with Crippen molar-refractivity contribution in [3.05, 3.63) is 18.0 Å². The second-order valence-electron chi connectivity index (χ2n) is 5.73. The summed E-state index contributed by atoms with van der Waals surface area (Å²) in [6, 6.07) is 0.394. The van der Waals surface area contributed by atoms with Crippen LogP contribution in [0.2, 0.25) is 0 Å². The van der Waals surface area contributed by atoms with Crippen LogP contribution in [0.4, 0.5) is 0 Å². The van der Waals surface area contributed by atoms with Gasteiger partial charge in [-0.3, -0.25) is 9.48 Å². The zero-order valence-corrected chi connectivity index (χ0v) is 12.7. The van der Waals surface area contributed by atoms with E-state index in [2.05, 4.69) is 23.5 Å². The van der Waals surface area contributed by atoms with E-state index in [9.17, 15) is 4.79 Å². The van der Waals surface area contributed by atoms with Crippen molar-refractivity contribution in [2.24, 2.45) is 0 Å². The Kier molecular flexibility index (Phi) is 5.05. The van der Waals surface area contributed by atoms with Gasteiger partial charge in [-0.05, 0) is 44.7 Å². The SMILES string of the molecule is Cc1cnn(C2CCCN(C(=O)[C@@H]3CCCN3)C2)c1.Cl. The Balaban J connectivity index is 0.00000147. The largest absolute Gasteiger partial charge is 0.339 e. The highest BCUT2D eigenvalue weighted by Gasteiger charge is 2.31. The van der Waals surface area contributed by atoms with E-state index in [1.807, 2.05) is 15.8 Å². The van der Waals surface area contributed by atoms with Crippen LogP contribution >= 0.6 is 12.4 Å². The number of likely N-dealkylation sites (tertiary alicyclic amines) is 1. The number of piperidine rings is 1. The standard InChI is InChI=1S/C14H22N4O.ClH/c1-11-8-16-18(9-11)12-4-3-7-17(10-12)14(19)13-5-2-6-15-13;/h8-9,12-13,15H,2-7,10H2,1H3;1H/t12?,13-;/m0./s1. The normalized spacial score (nSPS) is 26.4. The summed E-state index contributed by atoms with van der Waals surface area (Å²) in [4.78, 5) is 14.4. The van der Waals surface area contributed by atoms with Gasteiger partial charge < -0.3 is 10.2 Å². The van der Waals surface area contributed by atoms with Gasteiger partial charge in [0.05, 0.1) is 18.3 Å². The molecule has 3 rings (SSSR count). The molecule has 2 aliphatic rings. The number of hydrogen-bond acceptors (Lipinski definition) is 3. The molecule has 1 N–H and O–H groups in total. The number of carbonyl (C=O) groups excluding carboxylic acids is 1. The fraction of sp³-hybridized carbons (Fsp3) is 0.714. The fourth-order valence-electron chi connectivity index (χ4n) is 3.12. The molecule has 1 aromatic heterocycles. The lowest BCUT2D eigenvalue weighted by molar-refractivity contribution is -0.134. The number of nitrogens with one attached hydrogen (secondary N) is 1. The molecular weight excluding hydrogens is 276 g/mol. The first-order valence-electron chi connectivity index (χ1n) is 7.27. The van der Waals surface area contributed by atoms with Crippen LogP contribution in [0.25, 0.3) is 0 Å². The fourth-order valence-corrected chi connectivity index (χ4v) is 3.12. The third-order valence-electron chi connectivity index (χ3n) is 4.17. The quantitative estimate of drug-likeness (QED) is 0.901. The molecule has 2 aliphatic heterocycles. The number of nitrogens with zero attached hydrogens (tertiary/aromatic N) is 3. The average molecular weight is 299 g/mol. The van der Waals surface area contributed by atoms with Crippen molar-refractivity contribution in [1.29, 1.82) is 0 Å². The molecule has 20 heavy (non-hydrogen) atoms. The molecular formula is C14H23ClN4O. The lowest BCUT2D eigenvalue weighted by Crippen LogP contribution is -2.48. The second-order valence-corrected chi connectivity index (χ2v) is 5.73.